The number of carbonyl (C=O) groups excluding carboxylic acids is 1. The second kappa shape index (κ2) is 5.45. The van der Waals surface area contributed by atoms with E-state index in [2.05, 4.69) is 25.2 Å². The Hall–Kier alpha value is -3.16. The lowest BCUT2D eigenvalue weighted by atomic mass is 10.2. The summed E-state index contributed by atoms with van der Waals surface area (Å²) in [5.41, 5.74) is 7.11. The van der Waals surface area contributed by atoms with Crippen LogP contribution in [0.3, 0.4) is 0 Å². The van der Waals surface area contributed by atoms with Crippen LogP contribution in [0.1, 0.15) is 16.1 Å². The van der Waals surface area contributed by atoms with E-state index in [9.17, 15) is 4.79 Å². The fraction of sp³-hybridized carbons (Fsp3) is 0.0769. The third-order valence-corrected chi connectivity index (χ3v) is 2.84. The molecule has 2 aromatic heterocycles. The van der Waals surface area contributed by atoms with Crippen LogP contribution in [0.2, 0.25) is 0 Å². The van der Waals surface area contributed by atoms with Gasteiger partial charge in [0, 0.05) is 24.6 Å². The Bertz CT molecular complexity index is 750. The van der Waals surface area contributed by atoms with Gasteiger partial charge < -0.3 is 15.6 Å². The highest BCUT2D eigenvalue weighted by Crippen LogP contribution is 2.14. The quantitative estimate of drug-likeness (QED) is 0.743. The third kappa shape index (κ3) is 2.89. The number of benzene rings is 1. The van der Waals surface area contributed by atoms with Crippen LogP contribution in [0.4, 0.5) is 11.5 Å². The first-order valence-corrected chi connectivity index (χ1v) is 6.16. The molecule has 0 aliphatic carbocycles. The largest absolute Gasteiger partial charge is 0.379 e. The second-order valence-corrected chi connectivity index (χ2v) is 4.39. The summed E-state index contributed by atoms with van der Waals surface area (Å²) >= 11 is 0. The van der Waals surface area contributed by atoms with Gasteiger partial charge in [-0.15, -0.1) is 0 Å². The van der Waals surface area contributed by atoms with Crippen molar-refractivity contribution in [2.45, 2.75) is 6.54 Å². The maximum Gasteiger partial charge on any atom is 0.281 e. The third-order valence-electron chi connectivity index (χ3n) is 2.84. The number of nitrogens with two attached hydrogens (primary N) is 1. The number of aromatic nitrogens is 4. The van der Waals surface area contributed by atoms with Crippen molar-refractivity contribution < 1.29 is 9.42 Å². The molecule has 1 aromatic carbocycles. The molecule has 21 heavy (non-hydrogen) atoms. The summed E-state index contributed by atoms with van der Waals surface area (Å²) in [7, 11) is 0. The molecule has 0 bridgehead atoms. The lowest BCUT2D eigenvalue weighted by molar-refractivity contribution is 0.101. The molecule has 0 spiro atoms. The minimum Gasteiger partial charge on any atom is -0.379 e. The Balaban J connectivity index is 1.74. The summed E-state index contributed by atoms with van der Waals surface area (Å²) in [5, 5.41) is 9.53. The molecule has 3 N–H and O–H groups in total. The Morgan fingerprint density at radius 3 is 3.00 bits per heavy atom. The molecule has 2 heterocycles. The first-order chi connectivity index (χ1) is 10.2. The predicted octanol–water partition coefficient (Wildman–Crippen LogP) is 1.15. The van der Waals surface area contributed by atoms with Crippen molar-refractivity contribution in [2.24, 2.45) is 0 Å². The average molecular weight is 284 g/mol. The zero-order chi connectivity index (χ0) is 14.7. The topological polar surface area (TPSA) is 112 Å². The lowest BCUT2D eigenvalue weighted by Crippen LogP contribution is -2.14. The molecule has 0 fully saturated rings. The zero-order valence-corrected chi connectivity index (χ0v) is 10.9. The number of nitrogens with zero attached hydrogens (tertiary/aromatic N) is 4. The molecule has 0 saturated carbocycles. The zero-order valence-electron chi connectivity index (χ0n) is 10.9. The smallest absolute Gasteiger partial charge is 0.281 e. The number of hydrogen-bond acceptors (Lipinski definition) is 6. The molecule has 3 aromatic rings. The molecule has 0 aliphatic heterocycles. The van der Waals surface area contributed by atoms with E-state index in [0.717, 1.165) is 5.56 Å². The van der Waals surface area contributed by atoms with E-state index in [1.165, 1.54) is 0 Å². The normalized spacial score (nSPS) is 10.5. The number of nitrogen functional groups attached to an aromatic ring is 1. The molecule has 8 nitrogen and oxygen atoms in total. The fourth-order valence-electron chi connectivity index (χ4n) is 1.88. The highest BCUT2D eigenvalue weighted by atomic mass is 16.6. The van der Waals surface area contributed by atoms with Gasteiger partial charge >= 0.3 is 0 Å². The summed E-state index contributed by atoms with van der Waals surface area (Å²) in [4.78, 5) is 15.9. The van der Waals surface area contributed by atoms with Crippen molar-refractivity contribution in [1.29, 1.82) is 0 Å². The maximum absolute atomic E-state index is 12.0. The van der Waals surface area contributed by atoms with Crippen molar-refractivity contribution >= 4 is 17.4 Å². The fourth-order valence-corrected chi connectivity index (χ4v) is 1.88. The van der Waals surface area contributed by atoms with E-state index in [4.69, 9.17) is 5.73 Å². The van der Waals surface area contributed by atoms with Gasteiger partial charge in [-0.3, -0.25) is 4.79 Å². The minimum absolute atomic E-state index is 0.0324. The lowest BCUT2D eigenvalue weighted by Gasteiger charge is -2.07. The number of amides is 1. The minimum atomic E-state index is -0.464. The Morgan fingerprint density at radius 1 is 1.38 bits per heavy atom. The first-order valence-electron chi connectivity index (χ1n) is 6.16. The van der Waals surface area contributed by atoms with E-state index in [1.807, 2.05) is 29.0 Å². The Labute approximate surface area is 119 Å². The van der Waals surface area contributed by atoms with Gasteiger partial charge in [-0.2, -0.15) is 0 Å². The van der Waals surface area contributed by atoms with Crippen LogP contribution in [-0.4, -0.2) is 25.8 Å². The molecule has 0 saturated heterocycles. The van der Waals surface area contributed by atoms with Crippen LogP contribution >= 0.6 is 0 Å². The molecule has 3 rings (SSSR count). The van der Waals surface area contributed by atoms with Crippen LogP contribution in [0.15, 0.2) is 47.6 Å². The van der Waals surface area contributed by atoms with Crippen molar-refractivity contribution in [2.75, 3.05) is 11.1 Å². The molecule has 106 valence electrons. The van der Waals surface area contributed by atoms with Crippen LogP contribution in [-0.2, 0) is 6.54 Å². The summed E-state index contributed by atoms with van der Waals surface area (Å²) in [6.07, 6.45) is 5.31. The number of imidazole rings is 1. The van der Waals surface area contributed by atoms with Gasteiger partial charge in [0.1, 0.15) is 0 Å². The molecule has 8 heteroatoms. The van der Waals surface area contributed by atoms with Crippen LogP contribution in [0.25, 0.3) is 0 Å². The molecule has 0 unspecified atom stereocenters. The van der Waals surface area contributed by atoms with Gasteiger partial charge in [0.15, 0.2) is 0 Å². The average Bonchev–Trinajstić information content (AvgIpc) is 3.10. The van der Waals surface area contributed by atoms with Gasteiger partial charge in [0.05, 0.1) is 6.33 Å². The van der Waals surface area contributed by atoms with Crippen molar-refractivity contribution in [3.8, 4) is 0 Å². The van der Waals surface area contributed by atoms with Crippen molar-refractivity contribution in [1.82, 2.24) is 19.9 Å². The molecule has 0 radical (unpaired) electrons. The SMILES string of the molecule is Nc1nonc1C(=O)Nc1cccc(Cn2ccnc2)c1. The summed E-state index contributed by atoms with van der Waals surface area (Å²) in [6.45, 7) is 0.664. The molecular weight excluding hydrogens is 272 g/mol. The second-order valence-electron chi connectivity index (χ2n) is 4.39. The van der Waals surface area contributed by atoms with Gasteiger partial charge in [-0.1, -0.05) is 12.1 Å². The molecule has 1 amide bonds. The van der Waals surface area contributed by atoms with Crippen LogP contribution < -0.4 is 11.1 Å². The number of carbonyl (C=O) groups is 1. The molecular formula is C13H12N6O2. The first kappa shape index (κ1) is 12.9. The molecule has 0 aliphatic rings. The monoisotopic (exact) mass is 284 g/mol. The van der Waals surface area contributed by atoms with Gasteiger partial charge in [-0.25, -0.2) is 9.61 Å². The van der Waals surface area contributed by atoms with E-state index in [1.54, 1.807) is 18.6 Å². The van der Waals surface area contributed by atoms with Crippen LogP contribution in [0.5, 0.6) is 0 Å². The Morgan fingerprint density at radius 2 is 2.29 bits per heavy atom. The number of hydrogen-bond donors (Lipinski definition) is 2. The number of anilines is 2. The summed E-state index contributed by atoms with van der Waals surface area (Å²) < 4.78 is 6.33. The summed E-state index contributed by atoms with van der Waals surface area (Å²) in [5.74, 6) is -0.504. The number of rotatable bonds is 4. The summed E-state index contributed by atoms with van der Waals surface area (Å²) in [6, 6.07) is 7.45. The van der Waals surface area contributed by atoms with Crippen molar-refractivity contribution in [3.63, 3.8) is 0 Å². The van der Waals surface area contributed by atoms with Gasteiger partial charge in [0.25, 0.3) is 5.91 Å². The van der Waals surface area contributed by atoms with E-state index < -0.39 is 5.91 Å². The van der Waals surface area contributed by atoms with Gasteiger partial charge in [-0.05, 0) is 28.0 Å². The standard InChI is InChI=1S/C13H12N6O2/c14-12-11(17-21-18-12)13(20)16-10-3-1-2-9(6-10)7-19-5-4-15-8-19/h1-6,8H,7H2,(H2,14,18)(H,16,20). The van der Waals surface area contributed by atoms with E-state index >= 15 is 0 Å². The highest BCUT2D eigenvalue weighted by molar-refractivity contribution is 6.05. The van der Waals surface area contributed by atoms with Crippen LogP contribution in [0, 0.1) is 0 Å². The van der Waals surface area contributed by atoms with E-state index in [0.29, 0.717) is 12.2 Å². The highest BCUT2D eigenvalue weighted by Gasteiger charge is 2.16. The molecule has 0 atom stereocenters. The van der Waals surface area contributed by atoms with E-state index in [-0.39, 0.29) is 11.5 Å². The predicted molar refractivity (Wildman–Crippen MR) is 74.4 cm³/mol. The maximum atomic E-state index is 12.0. The van der Waals surface area contributed by atoms with Crippen molar-refractivity contribution in [3.05, 3.63) is 54.2 Å². The Kier molecular flexibility index (Phi) is 3.34. The van der Waals surface area contributed by atoms with Gasteiger partial charge in [0.2, 0.25) is 11.5 Å². The number of nitrogens with one attached hydrogen (secondary N) is 1.